The van der Waals surface area contributed by atoms with E-state index in [4.69, 9.17) is 4.52 Å². The zero-order valence-corrected chi connectivity index (χ0v) is 10.6. The molecule has 1 amide bonds. The van der Waals surface area contributed by atoms with Gasteiger partial charge in [0.1, 0.15) is 11.6 Å². The van der Waals surface area contributed by atoms with E-state index in [1.54, 1.807) is 38.1 Å². The topological polar surface area (TPSA) is 55.1 Å². The molecule has 4 nitrogen and oxygen atoms in total. The number of halogens is 1. The van der Waals surface area contributed by atoms with E-state index in [0.29, 0.717) is 22.7 Å². The fraction of sp³-hybridized carbons (Fsp3) is 0.143. The lowest BCUT2D eigenvalue weighted by Crippen LogP contribution is -2.12. The van der Waals surface area contributed by atoms with Gasteiger partial charge >= 0.3 is 0 Å². The number of nitrogens with one attached hydrogen (secondary N) is 1. The molecule has 0 fully saturated rings. The SMILES string of the molecule is C/C(=C\c1ccccc1F)C(=O)Nc1cc(C)on1. The Balaban J connectivity index is 2.13. The molecule has 0 aliphatic heterocycles. The summed E-state index contributed by atoms with van der Waals surface area (Å²) in [6.07, 6.45) is 1.48. The van der Waals surface area contributed by atoms with Gasteiger partial charge < -0.3 is 9.84 Å². The van der Waals surface area contributed by atoms with Crippen molar-refractivity contribution in [3.05, 3.63) is 53.0 Å². The monoisotopic (exact) mass is 260 g/mol. The number of aromatic nitrogens is 1. The van der Waals surface area contributed by atoms with Gasteiger partial charge in [-0.1, -0.05) is 23.4 Å². The average molecular weight is 260 g/mol. The van der Waals surface area contributed by atoms with E-state index >= 15 is 0 Å². The number of hydrogen-bond acceptors (Lipinski definition) is 3. The molecule has 0 saturated heterocycles. The number of hydrogen-bond donors (Lipinski definition) is 1. The highest BCUT2D eigenvalue weighted by atomic mass is 19.1. The van der Waals surface area contributed by atoms with Crippen LogP contribution in [0.3, 0.4) is 0 Å². The van der Waals surface area contributed by atoms with E-state index in [-0.39, 0.29) is 11.7 Å². The maximum absolute atomic E-state index is 13.4. The van der Waals surface area contributed by atoms with Crippen LogP contribution in [0.5, 0.6) is 0 Å². The second kappa shape index (κ2) is 5.48. The first-order chi connectivity index (χ1) is 9.06. The first-order valence-electron chi connectivity index (χ1n) is 5.74. The van der Waals surface area contributed by atoms with Gasteiger partial charge in [0.2, 0.25) is 0 Å². The Labute approximate surface area is 109 Å². The van der Waals surface area contributed by atoms with Crippen molar-refractivity contribution in [2.75, 3.05) is 5.32 Å². The van der Waals surface area contributed by atoms with Gasteiger partial charge in [-0.15, -0.1) is 0 Å². The molecule has 0 atom stereocenters. The third-order valence-corrected chi connectivity index (χ3v) is 2.50. The second-order valence-corrected chi connectivity index (χ2v) is 4.13. The number of aryl methyl sites for hydroxylation is 1. The van der Waals surface area contributed by atoms with Crippen LogP contribution in [0.25, 0.3) is 6.08 Å². The molecule has 5 heteroatoms. The molecule has 98 valence electrons. The minimum atomic E-state index is -0.369. The Morgan fingerprint density at radius 2 is 2.16 bits per heavy atom. The summed E-state index contributed by atoms with van der Waals surface area (Å²) >= 11 is 0. The van der Waals surface area contributed by atoms with Crippen molar-refractivity contribution in [3.8, 4) is 0 Å². The van der Waals surface area contributed by atoms with E-state index in [1.165, 1.54) is 12.1 Å². The Kier molecular flexibility index (Phi) is 3.75. The van der Waals surface area contributed by atoms with Gasteiger partial charge in [-0.3, -0.25) is 4.79 Å². The Bertz CT molecular complexity index is 632. The highest BCUT2D eigenvalue weighted by molar-refractivity contribution is 6.05. The summed E-state index contributed by atoms with van der Waals surface area (Å²) in [5.41, 5.74) is 0.747. The van der Waals surface area contributed by atoms with Crippen LogP contribution in [0.15, 0.2) is 40.4 Å². The Morgan fingerprint density at radius 3 is 2.79 bits per heavy atom. The molecule has 0 aliphatic carbocycles. The normalized spacial score (nSPS) is 11.4. The lowest BCUT2D eigenvalue weighted by Gasteiger charge is -2.02. The molecule has 19 heavy (non-hydrogen) atoms. The van der Waals surface area contributed by atoms with E-state index in [0.717, 1.165) is 0 Å². The molecule has 1 N–H and O–H groups in total. The molecular formula is C14H13FN2O2. The Hall–Kier alpha value is -2.43. The minimum Gasteiger partial charge on any atom is -0.360 e. The number of benzene rings is 1. The first-order valence-corrected chi connectivity index (χ1v) is 5.74. The quantitative estimate of drug-likeness (QED) is 0.862. The maximum Gasteiger partial charge on any atom is 0.252 e. The summed E-state index contributed by atoms with van der Waals surface area (Å²) in [7, 11) is 0. The van der Waals surface area contributed by atoms with Crippen molar-refractivity contribution in [1.82, 2.24) is 5.16 Å². The van der Waals surface area contributed by atoms with Crippen LogP contribution in [0.2, 0.25) is 0 Å². The summed E-state index contributed by atoms with van der Waals surface area (Å²) < 4.78 is 18.3. The van der Waals surface area contributed by atoms with Gasteiger partial charge in [-0.25, -0.2) is 4.39 Å². The number of carbonyl (C=O) groups is 1. The largest absolute Gasteiger partial charge is 0.360 e. The number of carbonyl (C=O) groups excluding carboxylic acids is 1. The molecule has 0 saturated carbocycles. The van der Waals surface area contributed by atoms with Gasteiger partial charge in [-0.2, -0.15) is 0 Å². The number of rotatable bonds is 3. The molecular weight excluding hydrogens is 247 g/mol. The smallest absolute Gasteiger partial charge is 0.252 e. The van der Waals surface area contributed by atoms with E-state index in [1.807, 2.05) is 0 Å². The Morgan fingerprint density at radius 1 is 1.42 bits per heavy atom. The zero-order valence-electron chi connectivity index (χ0n) is 10.6. The number of anilines is 1. The van der Waals surface area contributed by atoms with E-state index in [9.17, 15) is 9.18 Å². The van der Waals surface area contributed by atoms with Crippen molar-refractivity contribution < 1.29 is 13.7 Å². The van der Waals surface area contributed by atoms with Crippen molar-refractivity contribution in [1.29, 1.82) is 0 Å². The fourth-order valence-corrected chi connectivity index (χ4v) is 1.53. The zero-order chi connectivity index (χ0) is 13.8. The molecule has 0 radical (unpaired) electrons. The van der Waals surface area contributed by atoms with Gasteiger partial charge in [0, 0.05) is 17.2 Å². The molecule has 1 heterocycles. The molecule has 1 aromatic carbocycles. The van der Waals surface area contributed by atoms with Gasteiger partial charge in [0.05, 0.1) is 0 Å². The molecule has 1 aromatic heterocycles. The van der Waals surface area contributed by atoms with Crippen LogP contribution in [-0.2, 0) is 4.79 Å². The molecule has 0 bridgehead atoms. The van der Waals surface area contributed by atoms with Crippen molar-refractivity contribution >= 4 is 17.8 Å². The molecule has 0 spiro atoms. The van der Waals surface area contributed by atoms with Crippen LogP contribution in [-0.4, -0.2) is 11.1 Å². The van der Waals surface area contributed by atoms with E-state index in [2.05, 4.69) is 10.5 Å². The van der Waals surface area contributed by atoms with Gasteiger partial charge in [0.15, 0.2) is 5.82 Å². The number of amides is 1. The third kappa shape index (κ3) is 3.28. The third-order valence-electron chi connectivity index (χ3n) is 2.50. The summed E-state index contributed by atoms with van der Waals surface area (Å²) in [6.45, 7) is 3.33. The summed E-state index contributed by atoms with van der Waals surface area (Å²) in [4.78, 5) is 11.9. The summed E-state index contributed by atoms with van der Waals surface area (Å²) in [5.74, 6) is 0.221. The molecule has 0 unspecified atom stereocenters. The standard InChI is InChI=1S/C14H13FN2O2/c1-9(7-11-5-3-4-6-12(11)15)14(18)16-13-8-10(2)19-17-13/h3-8H,1-2H3,(H,16,17,18)/b9-7+. The summed E-state index contributed by atoms with van der Waals surface area (Å²) in [6, 6.07) is 7.86. The predicted molar refractivity (Wildman–Crippen MR) is 69.9 cm³/mol. The number of nitrogens with zero attached hydrogens (tertiary/aromatic N) is 1. The average Bonchev–Trinajstić information content (AvgIpc) is 2.77. The fourth-order valence-electron chi connectivity index (χ4n) is 1.53. The molecule has 0 aliphatic rings. The lowest BCUT2D eigenvalue weighted by atomic mass is 10.1. The van der Waals surface area contributed by atoms with Crippen molar-refractivity contribution in [3.63, 3.8) is 0 Å². The van der Waals surface area contributed by atoms with Crippen LogP contribution in [0.1, 0.15) is 18.2 Å². The van der Waals surface area contributed by atoms with Crippen LogP contribution >= 0.6 is 0 Å². The highest BCUT2D eigenvalue weighted by Crippen LogP contribution is 2.13. The van der Waals surface area contributed by atoms with E-state index < -0.39 is 0 Å². The molecule has 2 rings (SSSR count). The maximum atomic E-state index is 13.4. The van der Waals surface area contributed by atoms with Gasteiger partial charge in [-0.05, 0) is 26.0 Å². The summed E-state index contributed by atoms with van der Waals surface area (Å²) in [5, 5.41) is 6.22. The molecule has 2 aromatic rings. The lowest BCUT2D eigenvalue weighted by molar-refractivity contribution is -0.112. The van der Waals surface area contributed by atoms with Crippen LogP contribution < -0.4 is 5.32 Å². The predicted octanol–water partition coefficient (Wildman–Crippen LogP) is 3.16. The van der Waals surface area contributed by atoms with Crippen LogP contribution in [0, 0.1) is 12.7 Å². The van der Waals surface area contributed by atoms with Crippen molar-refractivity contribution in [2.45, 2.75) is 13.8 Å². The second-order valence-electron chi connectivity index (χ2n) is 4.13. The van der Waals surface area contributed by atoms with Crippen LogP contribution in [0.4, 0.5) is 10.2 Å². The minimum absolute atomic E-state index is 0.337. The highest BCUT2D eigenvalue weighted by Gasteiger charge is 2.09. The van der Waals surface area contributed by atoms with Crippen molar-refractivity contribution in [2.24, 2.45) is 0 Å². The first kappa shape index (κ1) is 13.0. The van der Waals surface area contributed by atoms with Gasteiger partial charge in [0.25, 0.3) is 5.91 Å².